The second kappa shape index (κ2) is 7.15. The van der Waals surface area contributed by atoms with E-state index in [0.717, 1.165) is 12.1 Å². The minimum atomic E-state index is -4.51. The molecular weight excluding hydrogens is 361 g/mol. The maximum atomic E-state index is 13.0. The van der Waals surface area contributed by atoms with Crippen molar-refractivity contribution >= 4 is 5.91 Å². The van der Waals surface area contributed by atoms with Gasteiger partial charge in [-0.05, 0) is 38.0 Å². The Labute approximate surface area is 153 Å². The fraction of sp³-hybridized carbons (Fsp3) is 0.389. The summed E-state index contributed by atoms with van der Waals surface area (Å²) in [5.74, 6) is -0.535. The number of hydrogen-bond donors (Lipinski definition) is 1. The summed E-state index contributed by atoms with van der Waals surface area (Å²) in [6.07, 6.45) is -3.26. The number of halogens is 3. The molecule has 1 aromatic carbocycles. The predicted octanol–water partition coefficient (Wildman–Crippen LogP) is 2.12. The van der Waals surface area contributed by atoms with Crippen molar-refractivity contribution in [3.05, 3.63) is 57.5 Å². The summed E-state index contributed by atoms with van der Waals surface area (Å²) in [4.78, 5) is 26.4. The number of aromatic nitrogens is 2. The number of piperidine rings is 1. The molecule has 2 aromatic rings. The Morgan fingerprint density at radius 1 is 1.22 bits per heavy atom. The molecule has 2 N–H and O–H groups in total. The van der Waals surface area contributed by atoms with Crippen LogP contribution in [-0.2, 0) is 6.18 Å². The summed E-state index contributed by atoms with van der Waals surface area (Å²) in [7, 11) is 0. The van der Waals surface area contributed by atoms with Gasteiger partial charge in [-0.2, -0.15) is 18.3 Å². The maximum Gasteiger partial charge on any atom is 0.416 e. The van der Waals surface area contributed by atoms with Crippen molar-refractivity contribution in [1.29, 1.82) is 0 Å². The van der Waals surface area contributed by atoms with Crippen molar-refractivity contribution in [2.75, 3.05) is 13.1 Å². The molecule has 0 atom stereocenters. The summed E-state index contributed by atoms with van der Waals surface area (Å²) < 4.78 is 40.1. The van der Waals surface area contributed by atoms with E-state index in [4.69, 9.17) is 5.73 Å². The monoisotopic (exact) mass is 380 g/mol. The molecule has 0 spiro atoms. The molecule has 1 fully saturated rings. The fourth-order valence-electron chi connectivity index (χ4n) is 3.02. The standard InChI is InChI=1S/C18H19F3N4O2/c1-11-9-15(26)16(17(27)24-7-5-13(22)6-8-24)23-25(11)14-4-2-3-12(10-14)18(19,20)21/h2-4,9-10,13H,5-8,22H2,1H3. The number of carbonyl (C=O) groups is 1. The third-order valence-electron chi connectivity index (χ3n) is 4.55. The van der Waals surface area contributed by atoms with Gasteiger partial charge in [0.2, 0.25) is 5.43 Å². The Hall–Kier alpha value is -2.68. The number of alkyl halides is 3. The minimum Gasteiger partial charge on any atom is -0.337 e. The van der Waals surface area contributed by atoms with Gasteiger partial charge in [0, 0.05) is 30.9 Å². The number of carbonyl (C=O) groups excluding carboxylic acids is 1. The molecule has 27 heavy (non-hydrogen) atoms. The lowest BCUT2D eigenvalue weighted by Gasteiger charge is -2.29. The molecule has 1 aliphatic rings. The largest absolute Gasteiger partial charge is 0.416 e. The van der Waals surface area contributed by atoms with Gasteiger partial charge >= 0.3 is 6.18 Å². The Morgan fingerprint density at radius 3 is 2.52 bits per heavy atom. The molecular formula is C18H19F3N4O2. The van der Waals surface area contributed by atoms with E-state index in [1.807, 2.05) is 0 Å². The highest BCUT2D eigenvalue weighted by atomic mass is 19.4. The van der Waals surface area contributed by atoms with Gasteiger partial charge in [0.05, 0.1) is 11.3 Å². The highest BCUT2D eigenvalue weighted by Crippen LogP contribution is 2.30. The van der Waals surface area contributed by atoms with E-state index < -0.39 is 23.1 Å². The van der Waals surface area contributed by atoms with Crippen molar-refractivity contribution in [1.82, 2.24) is 14.7 Å². The van der Waals surface area contributed by atoms with Crippen LogP contribution in [0.25, 0.3) is 5.69 Å². The summed E-state index contributed by atoms with van der Waals surface area (Å²) in [6.45, 7) is 2.37. The first kappa shape index (κ1) is 19.1. The first-order valence-corrected chi connectivity index (χ1v) is 8.50. The van der Waals surface area contributed by atoms with Crippen LogP contribution in [0.5, 0.6) is 0 Å². The van der Waals surface area contributed by atoms with Crippen LogP contribution in [-0.4, -0.2) is 39.7 Å². The lowest BCUT2D eigenvalue weighted by Crippen LogP contribution is -2.44. The van der Waals surface area contributed by atoms with E-state index in [1.165, 1.54) is 27.8 Å². The lowest BCUT2D eigenvalue weighted by molar-refractivity contribution is -0.137. The zero-order valence-electron chi connectivity index (χ0n) is 14.7. The number of nitrogens with two attached hydrogens (primary N) is 1. The summed E-state index contributed by atoms with van der Waals surface area (Å²) >= 11 is 0. The second-order valence-electron chi connectivity index (χ2n) is 6.59. The van der Waals surface area contributed by atoms with Gasteiger partial charge in [-0.1, -0.05) is 6.07 Å². The smallest absolute Gasteiger partial charge is 0.337 e. The predicted molar refractivity (Wildman–Crippen MR) is 92.7 cm³/mol. The minimum absolute atomic E-state index is 0.0155. The summed E-state index contributed by atoms with van der Waals surface area (Å²) in [6, 6.07) is 5.79. The Balaban J connectivity index is 2.00. The van der Waals surface area contributed by atoms with Crippen LogP contribution in [0.3, 0.4) is 0 Å². The van der Waals surface area contributed by atoms with Crippen LogP contribution in [0, 0.1) is 6.92 Å². The summed E-state index contributed by atoms with van der Waals surface area (Å²) in [5, 5.41) is 4.07. The van der Waals surface area contributed by atoms with Gasteiger partial charge < -0.3 is 10.6 Å². The van der Waals surface area contributed by atoms with E-state index >= 15 is 0 Å². The van der Waals surface area contributed by atoms with Crippen LogP contribution in [0.15, 0.2) is 35.1 Å². The first-order valence-electron chi connectivity index (χ1n) is 8.50. The van der Waals surface area contributed by atoms with Crippen molar-refractivity contribution < 1.29 is 18.0 Å². The van der Waals surface area contributed by atoms with Crippen LogP contribution in [0.4, 0.5) is 13.2 Å². The first-order chi connectivity index (χ1) is 12.7. The van der Waals surface area contributed by atoms with Crippen molar-refractivity contribution in [2.45, 2.75) is 32.0 Å². The molecule has 0 saturated carbocycles. The van der Waals surface area contributed by atoms with Gasteiger partial charge in [-0.3, -0.25) is 9.59 Å². The average Bonchev–Trinajstić information content (AvgIpc) is 2.61. The molecule has 0 radical (unpaired) electrons. The van der Waals surface area contributed by atoms with Gasteiger partial charge in [-0.15, -0.1) is 0 Å². The number of hydrogen-bond acceptors (Lipinski definition) is 4. The molecule has 1 aromatic heterocycles. The number of aryl methyl sites for hydroxylation is 1. The van der Waals surface area contributed by atoms with E-state index in [2.05, 4.69) is 5.10 Å². The number of nitrogens with zero attached hydrogens (tertiary/aromatic N) is 3. The molecule has 0 aliphatic carbocycles. The maximum absolute atomic E-state index is 13.0. The van der Waals surface area contributed by atoms with Crippen LogP contribution in [0.1, 0.15) is 34.6 Å². The zero-order chi connectivity index (χ0) is 19.8. The highest BCUT2D eigenvalue weighted by molar-refractivity contribution is 5.92. The van der Waals surface area contributed by atoms with E-state index in [9.17, 15) is 22.8 Å². The second-order valence-corrected chi connectivity index (χ2v) is 6.59. The zero-order valence-corrected chi connectivity index (χ0v) is 14.7. The van der Waals surface area contributed by atoms with Crippen LogP contribution < -0.4 is 11.2 Å². The number of rotatable bonds is 2. The van der Waals surface area contributed by atoms with Gasteiger partial charge in [0.1, 0.15) is 0 Å². The molecule has 1 amide bonds. The molecule has 2 heterocycles. The van der Waals surface area contributed by atoms with Gasteiger partial charge in [-0.25, -0.2) is 4.68 Å². The topological polar surface area (TPSA) is 81.2 Å². The summed E-state index contributed by atoms with van der Waals surface area (Å²) in [5.41, 5.74) is 4.57. The molecule has 9 heteroatoms. The Kier molecular flexibility index (Phi) is 5.05. The molecule has 1 aliphatic heterocycles. The fourth-order valence-corrected chi connectivity index (χ4v) is 3.02. The van der Waals surface area contributed by atoms with Crippen LogP contribution >= 0.6 is 0 Å². The van der Waals surface area contributed by atoms with Crippen molar-refractivity contribution in [2.24, 2.45) is 5.73 Å². The molecule has 144 valence electrons. The van der Waals surface area contributed by atoms with Gasteiger partial charge in [0.25, 0.3) is 5.91 Å². The number of likely N-dealkylation sites (tertiary alicyclic amines) is 1. The highest BCUT2D eigenvalue weighted by Gasteiger charge is 2.31. The quantitative estimate of drug-likeness (QED) is 0.865. The average molecular weight is 380 g/mol. The van der Waals surface area contributed by atoms with Gasteiger partial charge in [0.15, 0.2) is 5.69 Å². The van der Waals surface area contributed by atoms with Crippen LogP contribution in [0.2, 0.25) is 0 Å². The molecule has 1 saturated heterocycles. The van der Waals surface area contributed by atoms with E-state index in [-0.39, 0.29) is 17.4 Å². The number of amides is 1. The molecule has 0 unspecified atom stereocenters. The lowest BCUT2D eigenvalue weighted by atomic mass is 10.1. The van der Waals surface area contributed by atoms with E-state index in [1.54, 1.807) is 6.92 Å². The Bertz CT molecular complexity index is 916. The molecule has 6 nitrogen and oxygen atoms in total. The number of benzene rings is 1. The normalized spacial score (nSPS) is 15.8. The molecule has 0 bridgehead atoms. The third-order valence-corrected chi connectivity index (χ3v) is 4.55. The Morgan fingerprint density at radius 2 is 1.89 bits per heavy atom. The van der Waals surface area contributed by atoms with E-state index in [0.29, 0.717) is 31.6 Å². The third kappa shape index (κ3) is 4.02. The van der Waals surface area contributed by atoms with Crippen molar-refractivity contribution in [3.8, 4) is 5.69 Å². The molecule has 3 rings (SSSR count). The SMILES string of the molecule is Cc1cc(=O)c(C(=O)N2CCC(N)CC2)nn1-c1cccc(C(F)(F)F)c1. The van der Waals surface area contributed by atoms with Crippen molar-refractivity contribution in [3.63, 3.8) is 0 Å².